The summed E-state index contributed by atoms with van der Waals surface area (Å²) in [5.74, 6) is -0.122. The maximum Gasteiger partial charge on any atom is 0.308 e. The summed E-state index contributed by atoms with van der Waals surface area (Å²) in [6, 6.07) is 0. The van der Waals surface area contributed by atoms with Crippen molar-refractivity contribution in [2.75, 3.05) is 32.7 Å². The molecule has 2 aliphatic heterocycles. The number of carboxylic acids is 1. The molecule has 124 valence electrons. The van der Waals surface area contributed by atoms with E-state index in [-0.39, 0.29) is 30.0 Å². The summed E-state index contributed by atoms with van der Waals surface area (Å²) in [6.45, 7) is 6.83. The molecular formula is C16H26N2O4. The number of carboxylic acid groups (broad SMARTS) is 1. The third-order valence-electron chi connectivity index (χ3n) is 5.12. The van der Waals surface area contributed by atoms with Gasteiger partial charge in [0.1, 0.15) is 0 Å². The smallest absolute Gasteiger partial charge is 0.308 e. The molecule has 0 aromatic heterocycles. The van der Waals surface area contributed by atoms with Gasteiger partial charge in [-0.05, 0) is 38.5 Å². The molecule has 2 heterocycles. The van der Waals surface area contributed by atoms with E-state index in [0.717, 1.165) is 19.4 Å². The molecule has 3 rings (SSSR count). The molecule has 0 bridgehead atoms. The average molecular weight is 310 g/mol. The molecular weight excluding hydrogens is 284 g/mol. The Balaban J connectivity index is 1.56. The number of aliphatic carboxylic acids is 1. The first-order valence-corrected chi connectivity index (χ1v) is 8.32. The van der Waals surface area contributed by atoms with Gasteiger partial charge in [0.15, 0.2) is 0 Å². The molecule has 0 spiro atoms. The van der Waals surface area contributed by atoms with Crippen LogP contribution in [0.2, 0.25) is 0 Å². The van der Waals surface area contributed by atoms with Gasteiger partial charge in [0.05, 0.1) is 24.7 Å². The Morgan fingerprint density at radius 2 is 1.73 bits per heavy atom. The van der Waals surface area contributed by atoms with Crippen LogP contribution in [0.5, 0.6) is 0 Å². The number of likely N-dealkylation sites (tertiary alicyclic amines) is 1. The molecule has 0 unspecified atom stereocenters. The Kier molecular flexibility index (Phi) is 4.41. The second kappa shape index (κ2) is 6.16. The minimum absolute atomic E-state index is 0.0669. The van der Waals surface area contributed by atoms with Crippen molar-refractivity contribution in [2.45, 2.75) is 38.9 Å². The number of ether oxygens (including phenoxy) is 1. The van der Waals surface area contributed by atoms with Gasteiger partial charge >= 0.3 is 5.97 Å². The summed E-state index contributed by atoms with van der Waals surface area (Å²) in [6.07, 6.45) is 2.43. The molecule has 0 aromatic rings. The van der Waals surface area contributed by atoms with Gasteiger partial charge < -0.3 is 14.7 Å². The van der Waals surface area contributed by atoms with E-state index < -0.39 is 5.97 Å². The minimum atomic E-state index is -0.708. The summed E-state index contributed by atoms with van der Waals surface area (Å²) in [7, 11) is 0. The van der Waals surface area contributed by atoms with Crippen LogP contribution < -0.4 is 0 Å². The first-order chi connectivity index (χ1) is 10.4. The number of morpholine rings is 1. The number of rotatable bonds is 4. The quantitative estimate of drug-likeness (QED) is 0.826. The van der Waals surface area contributed by atoms with Gasteiger partial charge in [0.25, 0.3) is 0 Å². The number of carbonyl (C=O) groups is 2. The van der Waals surface area contributed by atoms with E-state index >= 15 is 0 Å². The summed E-state index contributed by atoms with van der Waals surface area (Å²) in [4.78, 5) is 27.8. The standard InChI is InChI=1S/C16H26N2O4/c1-10-5-18(6-11(2)22-10)15(19)9-17-7-13(12-3-4-12)14(8-17)16(20)21/h10-14H,3-9H2,1-2H3,(H,20,21)/t10-,11+,13-,14+/m1/s1. The highest BCUT2D eigenvalue weighted by Crippen LogP contribution is 2.44. The van der Waals surface area contributed by atoms with Crippen LogP contribution in [0.3, 0.4) is 0 Å². The monoisotopic (exact) mass is 310 g/mol. The van der Waals surface area contributed by atoms with Crippen LogP contribution in [-0.4, -0.2) is 71.7 Å². The Hall–Kier alpha value is -1.14. The van der Waals surface area contributed by atoms with Gasteiger partial charge in [0.2, 0.25) is 5.91 Å². The van der Waals surface area contributed by atoms with Gasteiger partial charge in [-0.15, -0.1) is 0 Å². The van der Waals surface area contributed by atoms with Crippen molar-refractivity contribution in [1.29, 1.82) is 0 Å². The summed E-state index contributed by atoms with van der Waals surface area (Å²) < 4.78 is 5.66. The van der Waals surface area contributed by atoms with Crippen molar-refractivity contribution < 1.29 is 19.4 Å². The van der Waals surface area contributed by atoms with E-state index in [1.165, 1.54) is 0 Å². The molecule has 3 fully saturated rings. The lowest BCUT2D eigenvalue weighted by Gasteiger charge is -2.36. The molecule has 0 radical (unpaired) electrons. The van der Waals surface area contributed by atoms with Crippen LogP contribution in [0.15, 0.2) is 0 Å². The van der Waals surface area contributed by atoms with E-state index in [0.29, 0.717) is 32.1 Å². The highest BCUT2D eigenvalue weighted by molar-refractivity contribution is 5.79. The molecule has 22 heavy (non-hydrogen) atoms. The Bertz CT molecular complexity index is 441. The van der Waals surface area contributed by atoms with Gasteiger partial charge in [-0.3, -0.25) is 14.5 Å². The number of carbonyl (C=O) groups excluding carboxylic acids is 1. The van der Waals surface area contributed by atoms with Gasteiger partial charge in [-0.1, -0.05) is 0 Å². The summed E-state index contributed by atoms with van der Waals surface area (Å²) >= 11 is 0. The van der Waals surface area contributed by atoms with Gasteiger partial charge in [0, 0.05) is 26.2 Å². The predicted molar refractivity (Wildman–Crippen MR) is 80.4 cm³/mol. The molecule has 1 amide bonds. The molecule has 6 nitrogen and oxygen atoms in total. The maximum atomic E-state index is 12.5. The van der Waals surface area contributed by atoms with Crippen LogP contribution in [0.25, 0.3) is 0 Å². The number of amides is 1. The van der Waals surface area contributed by atoms with Crippen molar-refractivity contribution in [3.8, 4) is 0 Å². The van der Waals surface area contributed by atoms with Crippen molar-refractivity contribution in [3.05, 3.63) is 0 Å². The van der Waals surface area contributed by atoms with Gasteiger partial charge in [-0.2, -0.15) is 0 Å². The highest BCUT2D eigenvalue weighted by atomic mass is 16.5. The van der Waals surface area contributed by atoms with E-state index in [1.807, 2.05) is 23.6 Å². The lowest BCUT2D eigenvalue weighted by Crippen LogP contribution is -2.50. The fourth-order valence-corrected chi connectivity index (χ4v) is 3.98. The molecule has 1 saturated carbocycles. The van der Waals surface area contributed by atoms with Crippen molar-refractivity contribution in [2.24, 2.45) is 17.8 Å². The van der Waals surface area contributed by atoms with Crippen LogP contribution in [-0.2, 0) is 14.3 Å². The van der Waals surface area contributed by atoms with Crippen molar-refractivity contribution in [3.63, 3.8) is 0 Å². The average Bonchev–Trinajstić information content (AvgIpc) is 3.18. The second-order valence-electron chi connectivity index (χ2n) is 7.20. The molecule has 2 saturated heterocycles. The zero-order valence-electron chi connectivity index (χ0n) is 13.4. The predicted octanol–water partition coefficient (Wildman–Crippen LogP) is 0.665. The van der Waals surface area contributed by atoms with E-state index in [9.17, 15) is 14.7 Å². The Morgan fingerprint density at radius 1 is 1.09 bits per heavy atom. The number of nitrogens with zero attached hydrogens (tertiary/aromatic N) is 2. The topological polar surface area (TPSA) is 70.1 Å². The molecule has 0 aromatic carbocycles. The lowest BCUT2D eigenvalue weighted by atomic mass is 9.92. The van der Waals surface area contributed by atoms with E-state index in [1.54, 1.807) is 0 Å². The molecule has 1 aliphatic carbocycles. The third kappa shape index (κ3) is 3.43. The van der Waals surface area contributed by atoms with Crippen molar-refractivity contribution >= 4 is 11.9 Å². The molecule has 6 heteroatoms. The van der Waals surface area contributed by atoms with Gasteiger partial charge in [-0.25, -0.2) is 0 Å². The number of hydrogen-bond donors (Lipinski definition) is 1. The lowest BCUT2D eigenvalue weighted by molar-refractivity contribution is -0.145. The summed E-state index contributed by atoms with van der Waals surface area (Å²) in [5.41, 5.74) is 0. The Labute approximate surface area is 131 Å². The first-order valence-electron chi connectivity index (χ1n) is 8.32. The summed E-state index contributed by atoms with van der Waals surface area (Å²) in [5, 5.41) is 9.39. The normalized spacial score (nSPS) is 36.5. The zero-order chi connectivity index (χ0) is 15.9. The number of hydrogen-bond acceptors (Lipinski definition) is 4. The molecule has 3 aliphatic rings. The van der Waals surface area contributed by atoms with Crippen LogP contribution in [0.4, 0.5) is 0 Å². The van der Waals surface area contributed by atoms with Crippen LogP contribution in [0.1, 0.15) is 26.7 Å². The van der Waals surface area contributed by atoms with Crippen LogP contribution in [0, 0.1) is 17.8 Å². The minimum Gasteiger partial charge on any atom is -0.481 e. The molecule has 4 atom stereocenters. The second-order valence-corrected chi connectivity index (χ2v) is 7.20. The maximum absolute atomic E-state index is 12.5. The Morgan fingerprint density at radius 3 is 2.27 bits per heavy atom. The zero-order valence-corrected chi connectivity index (χ0v) is 13.4. The van der Waals surface area contributed by atoms with E-state index in [2.05, 4.69) is 0 Å². The third-order valence-corrected chi connectivity index (χ3v) is 5.12. The highest BCUT2D eigenvalue weighted by Gasteiger charge is 2.46. The fourth-order valence-electron chi connectivity index (χ4n) is 3.98. The SMILES string of the molecule is C[C@@H]1CN(C(=O)CN2C[C@H](C(=O)O)[C@@H](C3CC3)C2)C[C@H](C)O1. The van der Waals surface area contributed by atoms with Crippen LogP contribution >= 0.6 is 0 Å². The van der Waals surface area contributed by atoms with E-state index in [4.69, 9.17) is 4.74 Å². The first kappa shape index (κ1) is 15.7. The molecule has 1 N–H and O–H groups in total. The largest absolute Gasteiger partial charge is 0.481 e. The fraction of sp³-hybridized carbons (Fsp3) is 0.875. The van der Waals surface area contributed by atoms with Crippen molar-refractivity contribution in [1.82, 2.24) is 9.80 Å².